The Balaban J connectivity index is 1.53. The third-order valence-corrected chi connectivity index (χ3v) is 4.83. The first-order valence-electron chi connectivity index (χ1n) is 9.16. The molecule has 0 saturated heterocycles. The zero-order valence-electron chi connectivity index (χ0n) is 15.9. The second-order valence-corrected chi connectivity index (χ2v) is 6.77. The van der Waals surface area contributed by atoms with E-state index in [0.29, 0.717) is 35.0 Å². The molecular formula is C24H22O4. The second kappa shape index (κ2) is 7.79. The van der Waals surface area contributed by atoms with Crippen LogP contribution in [0.5, 0.6) is 17.2 Å². The molecule has 4 nitrogen and oxygen atoms in total. The van der Waals surface area contributed by atoms with Crippen molar-refractivity contribution >= 4 is 5.57 Å². The highest BCUT2D eigenvalue weighted by Crippen LogP contribution is 2.43. The van der Waals surface area contributed by atoms with Crippen LogP contribution in [0.15, 0.2) is 73.0 Å². The van der Waals surface area contributed by atoms with Crippen molar-refractivity contribution in [1.29, 1.82) is 0 Å². The van der Waals surface area contributed by atoms with Crippen molar-refractivity contribution in [2.45, 2.75) is 19.6 Å². The van der Waals surface area contributed by atoms with E-state index in [2.05, 4.69) is 31.2 Å². The Bertz CT molecular complexity index is 1010. The Kier molecular flexibility index (Phi) is 5.04. The van der Waals surface area contributed by atoms with Crippen LogP contribution in [0.3, 0.4) is 0 Å². The summed E-state index contributed by atoms with van der Waals surface area (Å²) in [5, 5.41) is 10.9. The van der Waals surface area contributed by atoms with Crippen LogP contribution in [0.2, 0.25) is 0 Å². The number of para-hydroxylation sites is 1. The Morgan fingerprint density at radius 3 is 2.57 bits per heavy atom. The molecule has 1 atom stereocenters. The molecule has 1 aliphatic rings. The van der Waals surface area contributed by atoms with Crippen molar-refractivity contribution in [1.82, 2.24) is 0 Å². The van der Waals surface area contributed by atoms with Gasteiger partial charge in [-0.15, -0.1) is 0 Å². The summed E-state index contributed by atoms with van der Waals surface area (Å²) >= 11 is 0. The van der Waals surface area contributed by atoms with Gasteiger partial charge in [-0.2, -0.15) is 0 Å². The van der Waals surface area contributed by atoms with Gasteiger partial charge in [0.2, 0.25) is 0 Å². The van der Waals surface area contributed by atoms with Crippen LogP contribution < -0.4 is 14.2 Å². The topological polar surface area (TPSA) is 47.9 Å². The number of hydrogen-bond donors (Lipinski definition) is 1. The molecule has 28 heavy (non-hydrogen) atoms. The van der Waals surface area contributed by atoms with Crippen LogP contribution >= 0.6 is 0 Å². The number of aliphatic hydroxyl groups is 1. The van der Waals surface area contributed by atoms with Crippen molar-refractivity contribution in [3.05, 3.63) is 95.2 Å². The van der Waals surface area contributed by atoms with E-state index in [1.807, 2.05) is 42.5 Å². The molecular weight excluding hydrogens is 352 g/mol. The summed E-state index contributed by atoms with van der Waals surface area (Å²) in [6, 6.07) is 21.3. The molecule has 0 radical (unpaired) electrons. The maximum atomic E-state index is 10.9. The van der Waals surface area contributed by atoms with Gasteiger partial charge in [0.05, 0.1) is 13.4 Å². The second-order valence-electron chi connectivity index (χ2n) is 6.77. The standard InChI is InChI=1S/C24H22O4/c1-16-7-9-17(10-8-16)14-27-18-11-12-20-23(13-18)28-15-21(24(20)25)19-5-3-4-6-22(19)26-2/h3-13,15,24-25H,14H2,1-2H3. The molecule has 1 heterocycles. The van der Waals surface area contributed by atoms with Crippen LogP contribution in [0.25, 0.3) is 5.57 Å². The Hall–Kier alpha value is -3.24. The van der Waals surface area contributed by atoms with Gasteiger partial charge >= 0.3 is 0 Å². The highest BCUT2D eigenvalue weighted by molar-refractivity contribution is 5.76. The van der Waals surface area contributed by atoms with Crippen LogP contribution in [0.4, 0.5) is 0 Å². The predicted molar refractivity (Wildman–Crippen MR) is 109 cm³/mol. The van der Waals surface area contributed by atoms with E-state index in [0.717, 1.165) is 11.1 Å². The molecule has 3 aromatic rings. The summed E-state index contributed by atoms with van der Waals surface area (Å²) in [6.45, 7) is 2.54. The molecule has 0 aromatic heterocycles. The average molecular weight is 374 g/mol. The van der Waals surface area contributed by atoms with Crippen molar-refractivity contribution < 1.29 is 19.3 Å². The van der Waals surface area contributed by atoms with Crippen molar-refractivity contribution in [2.75, 3.05) is 7.11 Å². The van der Waals surface area contributed by atoms with E-state index in [-0.39, 0.29) is 0 Å². The summed E-state index contributed by atoms with van der Waals surface area (Å²) in [6.07, 6.45) is 0.778. The lowest BCUT2D eigenvalue weighted by molar-refractivity contribution is 0.223. The summed E-state index contributed by atoms with van der Waals surface area (Å²) in [5.74, 6) is 1.98. The van der Waals surface area contributed by atoms with Crippen LogP contribution in [-0.4, -0.2) is 12.2 Å². The first-order valence-corrected chi connectivity index (χ1v) is 9.16. The third kappa shape index (κ3) is 3.59. The number of hydrogen-bond acceptors (Lipinski definition) is 4. The fourth-order valence-electron chi connectivity index (χ4n) is 3.24. The molecule has 4 rings (SSSR count). The quantitative estimate of drug-likeness (QED) is 0.679. The SMILES string of the molecule is COc1ccccc1C1=COc2cc(OCc3ccc(C)cc3)ccc2C1O. The highest BCUT2D eigenvalue weighted by atomic mass is 16.5. The lowest BCUT2D eigenvalue weighted by Crippen LogP contribution is -2.10. The maximum absolute atomic E-state index is 10.9. The van der Waals surface area contributed by atoms with Crippen molar-refractivity contribution in [3.8, 4) is 17.2 Å². The van der Waals surface area contributed by atoms with E-state index in [1.54, 1.807) is 13.4 Å². The monoisotopic (exact) mass is 374 g/mol. The molecule has 0 aliphatic carbocycles. The number of benzene rings is 3. The average Bonchev–Trinajstić information content (AvgIpc) is 2.73. The molecule has 1 aliphatic heterocycles. The minimum atomic E-state index is -0.800. The molecule has 142 valence electrons. The molecule has 0 saturated carbocycles. The number of ether oxygens (including phenoxy) is 3. The molecule has 0 spiro atoms. The third-order valence-electron chi connectivity index (χ3n) is 4.83. The van der Waals surface area contributed by atoms with Gasteiger partial charge in [-0.1, -0.05) is 48.0 Å². The Morgan fingerprint density at radius 1 is 1.00 bits per heavy atom. The number of aryl methyl sites for hydroxylation is 1. The predicted octanol–water partition coefficient (Wildman–Crippen LogP) is 5.05. The van der Waals surface area contributed by atoms with Gasteiger partial charge in [0.25, 0.3) is 0 Å². The van der Waals surface area contributed by atoms with E-state index in [1.165, 1.54) is 5.56 Å². The van der Waals surface area contributed by atoms with E-state index >= 15 is 0 Å². The number of rotatable bonds is 5. The van der Waals surface area contributed by atoms with Crippen LogP contribution in [0, 0.1) is 6.92 Å². The molecule has 3 aromatic carbocycles. The summed E-state index contributed by atoms with van der Waals surface area (Å²) in [7, 11) is 1.61. The lowest BCUT2D eigenvalue weighted by Gasteiger charge is -2.24. The summed E-state index contributed by atoms with van der Waals surface area (Å²) in [4.78, 5) is 0. The Morgan fingerprint density at radius 2 is 1.79 bits per heavy atom. The smallest absolute Gasteiger partial charge is 0.136 e. The van der Waals surface area contributed by atoms with Gasteiger partial charge in [0.15, 0.2) is 0 Å². The van der Waals surface area contributed by atoms with E-state index < -0.39 is 6.10 Å². The number of aliphatic hydroxyl groups excluding tert-OH is 1. The molecule has 0 fully saturated rings. The highest BCUT2D eigenvalue weighted by Gasteiger charge is 2.26. The first kappa shape index (κ1) is 18.1. The Labute approximate surface area is 164 Å². The fourth-order valence-corrected chi connectivity index (χ4v) is 3.24. The van der Waals surface area contributed by atoms with Crippen molar-refractivity contribution in [2.24, 2.45) is 0 Å². The summed E-state index contributed by atoms with van der Waals surface area (Å²) < 4.78 is 17.1. The van der Waals surface area contributed by atoms with Gasteiger partial charge in [0.1, 0.15) is 30.0 Å². The molecule has 0 bridgehead atoms. The molecule has 0 amide bonds. The van der Waals surface area contributed by atoms with Crippen LogP contribution in [0.1, 0.15) is 28.4 Å². The zero-order chi connectivity index (χ0) is 19.5. The largest absolute Gasteiger partial charge is 0.496 e. The van der Waals surface area contributed by atoms with Gasteiger partial charge in [0, 0.05) is 22.8 Å². The first-order chi connectivity index (χ1) is 13.7. The zero-order valence-corrected chi connectivity index (χ0v) is 15.9. The number of methoxy groups -OCH3 is 1. The van der Waals surface area contributed by atoms with Gasteiger partial charge in [-0.3, -0.25) is 0 Å². The fraction of sp³-hybridized carbons (Fsp3) is 0.167. The van der Waals surface area contributed by atoms with Gasteiger partial charge in [-0.25, -0.2) is 0 Å². The molecule has 1 N–H and O–H groups in total. The van der Waals surface area contributed by atoms with E-state index in [9.17, 15) is 5.11 Å². The van der Waals surface area contributed by atoms with Crippen molar-refractivity contribution in [3.63, 3.8) is 0 Å². The number of fused-ring (bicyclic) bond motifs is 1. The minimum absolute atomic E-state index is 0.476. The summed E-state index contributed by atoms with van der Waals surface area (Å²) in [5.41, 5.74) is 4.49. The lowest BCUT2D eigenvalue weighted by atomic mass is 9.93. The van der Waals surface area contributed by atoms with Gasteiger partial charge in [-0.05, 0) is 30.7 Å². The van der Waals surface area contributed by atoms with E-state index in [4.69, 9.17) is 14.2 Å². The molecule has 1 unspecified atom stereocenters. The maximum Gasteiger partial charge on any atom is 0.136 e. The minimum Gasteiger partial charge on any atom is -0.496 e. The normalized spacial score (nSPS) is 15.2. The molecule has 4 heteroatoms. The van der Waals surface area contributed by atoms with Gasteiger partial charge < -0.3 is 19.3 Å². The van der Waals surface area contributed by atoms with Crippen LogP contribution in [-0.2, 0) is 6.61 Å².